The van der Waals surface area contributed by atoms with Crippen LogP contribution >= 0.6 is 24.0 Å². The van der Waals surface area contributed by atoms with E-state index in [1.165, 1.54) is 0 Å². The summed E-state index contributed by atoms with van der Waals surface area (Å²) in [5.74, 6) is 2.79. The molecule has 0 aliphatic rings. The van der Waals surface area contributed by atoms with E-state index < -0.39 is 0 Å². The molecule has 25 heavy (non-hydrogen) atoms. The monoisotopic (exact) mass is 458 g/mol. The molecule has 0 atom stereocenters. The van der Waals surface area contributed by atoms with Gasteiger partial charge < -0.3 is 20.1 Å². The highest BCUT2D eigenvalue weighted by atomic mass is 127. The zero-order chi connectivity index (χ0) is 17.5. The molecule has 0 spiro atoms. The second kappa shape index (κ2) is 10.2. The molecule has 0 amide bonds. The molecule has 2 aromatic heterocycles. The van der Waals surface area contributed by atoms with Crippen LogP contribution in [0.15, 0.2) is 33.9 Å². The van der Waals surface area contributed by atoms with Crippen LogP contribution in [0.2, 0.25) is 0 Å². The molecule has 0 radical (unpaired) electrons. The fourth-order valence-corrected chi connectivity index (χ4v) is 2.08. The number of pyridine rings is 1. The molecular weight excluding hydrogens is 431 g/mol. The minimum atomic E-state index is 0. The largest absolute Gasteiger partial charge is 0.363 e. The first-order valence-corrected chi connectivity index (χ1v) is 8.02. The predicted octanol–water partition coefficient (Wildman–Crippen LogP) is 2.74. The van der Waals surface area contributed by atoms with Gasteiger partial charge in [-0.1, -0.05) is 19.0 Å². The van der Waals surface area contributed by atoms with Crippen LogP contribution in [0.5, 0.6) is 0 Å². The molecule has 0 saturated heterocycles. The van der Waals surface area contributed by atoms with Crippen molar-refractivity contribution in [1.29, 1.82) is 0 Å². The molecule has 138 valence electrons. The summed E-state index contributed by atoms with van der Waals surface area (Å²) < 4.78 is 5.32. The van der Waals surface area contributed by atoms with Gasteiger partial charge in [-0.25, -0.2) is 4.98 Å². The van der Waals surface area contributed by atoms with E-state index in [1.54, 1.807) is 7.05 Å². The van der Waals surface area contributed by atoms with Crippen LogP contribution in [0.4, 0.5) is 5.82 Å². The van der Waals surface area contributed by atoms with Gasteiger partial charge in [0.15, 0.2) is 11.7 Å². The van der Waals surface area contributed by atoms with Gasteiger partial charge in [-0.3, -0.25) is 4.99 Å². The first-order valence-electron chi connectivity index (χ1n) is 8.02. The number of nitrogens with zero attached hydrogens (tertiary/aromatic N) is 4. The van der Waals surface area contributed by atoms with Gasteiger partial charge in [-0.2, -0.15) is 0 Å². The Morgan fingerprint density at radius 3 is 2.56 bits per heavy atom. The van der Waals surface area contributed by atoms with Crippen LogP contribution in [-0.4, -0.2) is 37.2 Å². The number of nitrogens with one attached hydrogen (secondary N) is 2. The van der Waals surface area contributed by atoms with Gasteiger partial charge in [-0.15, -0.1) is 24.0 Å². The summed E-state index contributed by atoms with van der Waals surface area (Å²) in [6.07, 6.45) is 1.81. The maximum atomic E-state index is 5.32. The number of guanidine groups is 1. The fraction of sp³-hybridized carbons (Fsp3) is 0.471. The van der Waals surface area contributed by atoms with Gasteiger partial charge >= 0.3 is 0 Å². The smallest absolute Gasteiger partial charge is 0.191 e. The van der Waals surface area contributed by atoms with Gasteiger partial charge in [0.1, 0.15) is 5.82 Å². The maximum absolute atomic E-state index is 5.32. The summed E-state index contributed by atoms with van der Waals surface area (Å²) >= 11 is 0. The third-order valence-corrected chi connectivity index (χ3v) is 3.55. The molecule has 0 aromatic carbocycles. The van der Waals surface area contributed by atoms with Crippen molar-refractivity contribution in [3.8, 4) is 0 Å². The molecule has 0 aliphatic carbocycles. The number of rotatable bonds is 6. The van der Waals surface area contributed by atoms with Crippen molar-refractivity contribution in [1.82, 2.24) is 20.8 Å². The minimum absolute atomic E-state index is 0. The summed E-state index contributed by atoms with van der Waals surface area (Å²) in [6, 6.07) is 6.00. The van der Waals surface area contributed by atoms with Crippen molar-refractivity contribution in [3.05, 3.63) is 41.4 Å². The Labute approximate surface area is 166 Å². The van der Waals surface area contributed by atoms with Crippen molar-refractivity contribution < 1.29 is 4.52 Å². The van der Waals surface area contributed by atoms with Crippen molar-refractivity contribution >= 4 is 35.8 Å². The van der Waals surface area contributed by atoms with E-state index in [0.717, 1.165) is 22.8 Å². The Morgan fingerprint density at radius 1 is 1.24 bits per heavy atom. The fourth-order valence-electron chi connectivity index (χ4n) is 2.08. The Balaban J connectivity index is 0.00000312. The highest BCUT2D eigenvalue weighted by Crippen LogP contribution is 2.13. The van der Waals surface area contributed by atoms with E-state index in [9.17, 15) is 0 Å². The third kappa shape index (κ3) is 6.52. The first kappa shape index (κ1) is 21.2. The molecule has 0 aliphatic heterocycles. The third-order valence-electron chi connectivity index (χ3n) is 3.55. The molecule has 2 rings (SSSR count). The number of aliphatic imine (C=N–C) groups is 1. The highest BCUT2D eigenvalue weighted by molar-refractivity contribution is 14.0. The first-order chi connectivity index (χ1) is 11.5. The second-order valence-electron chi connectivity index (χ2n) is 6.07. The number of hydrogen-bond acceptors (Lipinski definition) is 5. The number of aromatic nitrogens is 2. The molecular formula is C17H27IN6O. The normalized spacial score (nSPS) is 11.2. The van der Waals surface area contributed by atoms with E-state index in [1.807, 2.05) is 43.4 Å². The van der Waals surface area contributed by atoms with E-state index >= 15 is 0 Å². The SMILES string of the molecule is CN=C(NCc1ccnc(N(C)C)c1)NCc1cc(C(C)C)no1.I. The van der Waals surface area contributed by atoms with E-state index in [2.05, 4.69) is 39.6 Å². The lowest BCUT2D eigenvalue weighted by Gasteiger charge is -2.14. The molecule has 2 heterocycles. The second-order valence-corrected chi connectivity index (χ2v) is 6.07. The minimum Gasteiger partial charge on any atom is -0.363 e. The molecule has 0 bridgehead atoms. The number of anilines is 1. The van der Waals surface area contributed by atoms with Crippen molar-refractivity contribution in [2.24, 2.45) is 4.99 Å². The maximum Gasteiger partial charge on any atom is 0.191 e. The average Bonchev–Trinajstić information content (AvgIpc) is 3.04. The van der Waals surface area contributed by atoms with Crippen molar-refractivity contribution in [3.63, 3.8) is 0 Å². The topological polar surface area (TPSA) is 78.6 Å². The molecule has 0 fully saturated rings. The van der Waals surface area contributed by atoms with Gasteiger partial charge in [0.25, 0.3) is 0 Å². The summed E-state index contributed by atoms with van der Waals surface area (Å²) in [5.41, 5.74) is 2.10. The lowest BCUT2D eigenvalue weighted by atomic mass is 10.1. The number of hydrogen-bond donors (Lipinski definition) is 2. The highest BCUT2D eigenvalue weighted by Gasteiger charge is 2.08. The van der Waals surface area contributed by atoms with Gasteiger partial charge in [0, 0.05) is 40.0 Å². The molecule has 2 aromatic rings. The predicted molar refractivity (Wildman–Crippen MR) is 112 cm³/mol. The van der Waals surface area contributed by atoms with E-state index in [4.69, 9.17) is 4.52 Å². The van der Waals surface area contributed by atoms with Crippen molar-refractivity contribution in [2.75, 3.05) is 26.0 Å². The Kier molecular flexibility index (Phi) is 8.67. The molecule has 7 nitrogen and oxygen atoms in total. The molecule has 0 unspecified atom stereocenters. The summed E-state index contributed by atoms with van der Waals surface area (Å²) in [6.45, 7) is 5.38. The van der Waals surface area contributed by atoms with Crippen molar-refractivity contribution in [2.45, 2.75) is 32.9 Å². The quantitative estimate of drug-likeness (QED) is 0.394. The van der Waals surface area contributed by atoms with Gasteiger partial charge in [0.2, 0.25) is 0 Å². The summed E-state index contributed by atoms with van der Waals surface area (Å²) in [5, 5.41) is 10.6. The lowest BCUT2D eigenvalue weighted by Crippen LogP contribution is -2.36. The van der Waals surface area contributed by atoms with Crippen LogP contribution in [0.1, 0.15) is 36.8 Å². The molecule has 8 heteroatoms. The standard InChI is InChI=1S/C17H26N6O.HI/c1-12(2)15-9-14(24-22-15)11-21-17(18-3)20-10-13-6-7-19-16(8-13)23(4)5;/h6-9,12H,10-11H2,1-5H3,(H2,18,20,21);1H. The van der Waals surface area contributed by atoms with Crippen LogP contribution < -0.4 is 15.5 Å². The van der Waals surface area contributed by atoms with Crippen LogP contribution in [-0.2, 0) is 13.1 Å². The summed E-state index contributed by atoms with van der Waals surface area (Å²) in [7, 11) is 5.69. The number of halogens is 1. The van der Waals surface area contributed by atoms with Crippen LogP contribution in [0.25, 0.3) is 0 Å². The molecule has 0 saturated carbocycles. The Morgan fingerprint density at radius 2 is 1.96 bits per heavy atom. The average molecular weight is 458 g/mol. The Hall–Kier alpha value is -1.84. The van der Waals surface area contributed by atoms with E-state index in [0.29, 0.717) is 25.0 Å². The van der Waals surface area contributed by atoms with Crippen LogP contribution in [0, 0.1) is 0 Å². The summed E-state index contributed by atoms with van der Waals surface area (Å²) in [4.78, 5) is 10.5. The molecule has 2 N–H and O–H groups in total. The Bertz CT molecular complexity index is 683. The zero-order valence-electron chi connectivity index (χ0n) is 15.4. The zero-order valence-corrected chi connectivity index (χ0v) is 17.7. The van der Waals surface area contributed by atoms with Gasteiger partial charge in [-0.05, 0) is 23.6 Å². The van der Waals surface area contributed by atoms with Crippen LogP contribution in [0.3, 0.4) is 0 Å². The van der Waals surface area contributed by atoms with E-state index in [-0.39, 0.29) is 24.0 Å². The van der Waals surface area contributed by atoms with Gasteiger partial charge in [0.05, 0.1) is 12.2 Å². The lowest BCUT2D eigenvalue weighted by molar-refractivity contribution is 0.372.